The van der Waals surface area contributed by atoms with Gasteiger partial charge >= 0.3 is 0 Å². The number of carbonyl (C=O) groups excluding carboxylic acids is 1. The number of hydrogen-bond donors (Lipinski definition) is 2. The third kappa shape index (κ3) is 4.96. The normalized spacial score (nSPS) is 21.3. The number of hydrogen-bond acceptors (Lipinski definition) is 3. The Balaban J connectivity index is 2.04. The van der Waals surface area contributed by atoms with E-state index in [-0.39, 0.29) is 17.4 Å². The molecule has 0 bridgehead atoms. The number of ether oxygens (including phenoxy) is 1. The minimum Gasteiger partial charge on any atom is -0.488 e. The van der Waals surface area contributed by atoms with Crippen LogP contribution < -0.4 is 15.8 Å². The van der Waals surface area contributed by atoms with Crippen molar-refractivity contribution in [3.63, 3.8) is 0 Å². The predicted octanol–water partition coefficient (Wildman–Crippen LogP) is 3.16. The van der Waals surface area contributed by atoms with Crippen LogP contribution in [0.5, 0.6) is 5.75 Å². The smallest absolute Gasteiger partial charge is 0.223 e. The molecule has 3 N–H and O–H groups in total. The van der Waals surface area contributed by atoms with Gasteiger partial charge in [0.1, 0.15) is 11.4 Å². The maximum absolute atomic E-state index is 12.4. The molecular formula is C19H30N2O2. The molecule has 23 heavy (non-hydrogen) atoms. The van der Waals surface area contributed by atoms with Gasteiger partial charge in [0.05, 0.1) is 0 Å². The van der Waals surface area contributed by atoms with E-state index in [9.17, 15) is 4.79 Å². The summed E-state index contributed by atoms with van der Waals surface area (Å²) < 4.78 is 6.04. The van der Waals surface area contributed by atoms with E-state index in [1.54, 1.807) is 0 Å². The van der Waals surface area contributed by atoms with Gasteiger partial charge in [-0.1, -0.05) is 18.6 Å². The molecule has 1 aromatic rings. The molecule has 128 valence electrons. The summed E-state index contributed by atoms with van der Waals surface area (Å²) in [6.45, 7) is 9.23. The van der Waals surface area contributed by atoms with E-state index in [2.05, 4.69) is 11.4 Å². The van der Waals surface area contributed by atoms with Gasteiger partial charge in [-0.05, 0) is 64.6 Å². The zero-order valence-electron chi connectivity index (χ0n) is 14.8. The van der Waals surface area contributed by atoms with Crippen LogP contribution in [0, 0.1) is 18.8 Å². The average molecular weight is 318 g/mol. The second-order valence-corrected chi connectivity index (χ2v) is 7.58. The predicted molar refractivity (Wildman–Crippen MR) is 93.3 cm³/mol. The number of carbonyl (C=O) groups is 1. The second-order valence-electron chi connectivity index (χ2n) is 7.58. The molecule has 2 atom stereocenters. The summed E-state index contributed by atoms with van der Waals surface area (Å²) in [5.41, 5.74) is 7.68. The van der Waals surface area contributed by atoms with E-state index in [4.69, 9.17) is 10.5 Å². The Morgan fingerprint density at radius 1 is 1.35 bits per heavy atom. The van der Waals surface area contributed by atoms with E-state index in [1.807, 2.05) is 39.8 Å². The number of benzene rings is 1. The Labute approximate surface area is 139 Å². The highest BCUT2D eigenvalue weighted by atomic mass is 16.5. The lowest BCUT2D eigenvalue weighted by Crippen LogP contribution is -2.35. The molecule has 1 saturated carbocycles. The Bertz CT molecular complexity index is 549. The van der Waals surface area contributed by atoms with Gasteiger partial charge in [-0.3, -0.25) is 4.79 Å². The molecule has 0 spiro atoms. The van der Waals surface area contributed by atoms with Crippen LogP contribution in [-0.2, 0) is 11.3 Å². The molecular weight excluding hydrogens is 288 g/mol. The van der Waals surface area contributed by atoms with Crippen molar-refractivity contribution < 1.29 is 9.53 Å². The summed E-state index contributed by atoms with van der Waals surface area (Å²) in [6, 6.07) is 6.12. The van der Waals surface area contributed by atoms with E-state index in [0.29, 0.717) is 19.0 Å². The summed E-state index contributed by atoms with van der Waals surface area (Å²) in [5.74, 6) is 1.37. The minimum absolute atomic E-state index is 0.0671. The molecule has 1 aromatic carbocycles. The first-order valence-corrected chi connectivity index (χ1v) is 8.56. The van der Waals surface area contributed by atoms with Crippen molar-refractivity contribution in [3.8, 4) is 5.75 Å². The number of rotatable bonds is 5. The van der Waals surface area contributed by atoms with Crippen LogP contribution in [0.1, 0.15) is 51.2 Å². The van der Waals surface area contributed by atoms with E-state index >= 15 is 0 Å². The van der Waals surface area contributed by atoms with Crippen LogP contribution >= 0.6 is 0 Å². The highest BCUT2D eigenvalue weighted by Gasteiger charge is 2.31. The largest absolute Gasteiger partial charge is 0.488 e. The summed E-state index contributed by atoms with van der Waals surface area (Å²) in [5, 5.41) is 3.08. The Morgan fingerprint density at radius 2 is 2.09 bits per heavy atom. The molecule has 1 amide bonds. The van der Waals surface area contributed by atoms with Crippen LogP contribution in [0.3, 0.4) is 0 Å². The van der Waals surface area contributed by atoms with Crippen molar-refractivity contribution in [2.45, 2.75) is 59.1 Å². The first-order valence-electron chi connectivity index (χ1n) is 8.56. The molecule has 4 nitrogen and oxygen atoms in total. The molecule has 0 radical (unpaired) electrons. The van der Waals surface area contributed by atoms with Crippen LogP contribution in [0.25, 0.3) is 0 Å². The maximum Gasteiger partial charge on any atom is 0.223 e. The monoisotopic (exact) mass is 318 g/mol. The summed E-state index contributed by atoms with van der Waals surface area (Å²) in [7, 11) is 0. The fourth-order valence-corrected chi connectivity index (χ4v) is 3.21. The van der Waals surface area contributed by atoms with Crippen molar-refractivity contribution >= 4 is 5.91 Å². The fourth-order valence-electron chi connectivity index (χ4n) is 3.21. The lowest BCUT2D eigenvalue weighted by atomic mass is 9.95. The number of amides is 1. The second kappa shape index (κ2) is 7.35. The number of nitrogens with one attached hydrogen (secondary N) is 1. The Morgan fingerprint density at radius 3 is 2.74 bits per heavy atom. The van der Waals surface area contributed by atoms with Crippen molar-refractivity contribution in [2.75, 3.05) is 6.54 Å². The molecule has 0 aromatic heterocycles. The zero-order chi connectivity index (χ0) is 17.0. The van der Waals surface area contributed by atoms with Crippen molar-refractivity contribution in [3.05, 3.63) is 29.3 Å². The van der Waals surface area contributed by atoms with Gasteiger partial charge < -0.3 is 15.8 Å². The molecule has 1 aliphatic rings. The molecule has 1 fully saturated rings. The molecule has 0 aliphatic heterocycles. The molecule has 0 saturated heterocycles. The lowest BCUT2D eigenvalue weighted by Gasteiger charge is -2.24. The van der Waals surface area contributed by atoms with Gasteiger partial charge in [-0.15, -0.1) is 0 Å². The van der Waals surface area contributed by atoms with Gasteiger partial charge in [-0.2, -0.15) is 0 Å². The van der Waals surface area contributed by atoms with Gasteiger partial charge in [0, 0.05) is 18.0 Å². The molecule has 4 heteroatoms. The fraction of sp³-hybridized carbons (Fsp3) is 0.632. The van der Waals surface area contributed by atoms with Crippen LogP contribution in [0.15, 0.2) is 18.2 Å². The van der Waals surface area contributed by atoms with Crippen LogP contribution in [-0.4, -0.2) is 18.1 Å². The van der Waals surface area contributed by atoms with Gasteiger partial charge in [0.25, 0.3) is 0 Å². The Kier molecular flexibility index (Phi) is 5.69. The standard InChI is InChI=1S/C19H30N2O2/c1-13-8-9-15(17(10-13)23-19(2,3)4)12-21-18(22)16-7-5-6-14(16)11-20/h8-10,14,16H,5-7,11-12,20H2,1-4H3,(H,21,22)/t14-,16-/m1/s1. The van der Waals surface area contributed by atoms with Crippen LogP contribution in [0.4, 0.5) is 0 Å². The summed E-state index contributed by atoms with van der Waals surface area (Å²) in [4.78, 5) is 12.4. The summed E-state index contributed by atoms with van der Waals surface area (Å²) in [6.07, 6.45) is 3.12. The van der Waals surface area contributed by atoms with Crippen LogP contribution in [0.2, 0.25) is 0 Å². The average Bonchev–Trinajstić information content (AvgIpc) is 2.93. The maximum atomic E-state index is 12.4. The number of nitrogens with two attached hydrogens (primary N) is 1. The number of aryl methyl sites for hydroxylation is 1. The quantitative estimate of drug-likeness (QED) is 0.876. The SMILES string of the molecule is Cc1ccc(CNC(=O)[C@@H]2CCC[C@@H]2CN)c(OC(C)(C)C)c1. The lowest BCUT2D eigenvalue weighted by molar-refractivity contribution is -0.126. The van der Waals surface area contributed by atoms with E-state index < -0.39 is 0 Å². The molecule has 1 aliphatic carbocycles. The molecule has 0 unspecified atom stereocenters. The Hall–Kier alpha value is -1.55. The van der Waals surface area contributed by atoms with E-state index in [1.165, 1.54) is 0 Å². The first kappa shape index (κ1) is 17.8. The van der Waals surface area contributed by atoms with Gasteiger partial charge in [0.15, 0.2) is 0 Å². The topological polar surface area (TPSA) is 64.4 Å². The molecule has 2 rings (SSSR count). The highest BCUT2D eigenvalue weighted by molar-refractivity contribution is 5.79. The third-order valence-corrected chi connectivity index (χ3v) is 4.39. The minimum atomic E-state index is -0.261. The molecule has 0 heterocycles. The van der Waals surface area contributed by atoms with Crippen molar-refractivity contribution in [1.29, 1.82) is 0 Å². The summed E-state index contributed by atoms with van der Waals surface area (Å²) >= 11 is 0. The van der Waals surface area contributed by atoms with E-state index in [0.717, 1.165) is 36.1 Å². The zero-order valence-corrected chi connectivity index (χ0v) is 14.8. The van der Waals surface area contributed by atoms with Gasteiger partial charge in [-0.25, -0.2) is 0 Å². The van der Waals surface area contributed by atoms with Gasteiger partial charge in [0.2, 0.25) is 5.91 Å². The first-order chi connectivity index (χ1) is 10.8. The van der Waals surface area contributed by atoms with Crippen molar-refractivity contribution in [1.82, 2.24) is 5.32 Å². The van der Waals surface area contributed by atoms with Crippen molar-refractivity contribution in [2.24, 2.45) is 17.6 Å². The third-order valence-electron chi connectivity index (χ3n) is 4.39. The highest BCUT2D eigenvalue weighted by Crippen LogP contribution is 2.31.